The van der Waals surface area contributed by atoms with E-state index in [1.165, 1.54) is 7.11 Å². The van der Waals surface area contributed by atoms with Gasteiger partial charge in [0.15, 0.2) is 0 Å². The second-order valence-corrected chi connectivity index (χ2v) is 2.83. The Kier molecular flexibility index (Phi) is 5.28. The molecule has 0 aliphatic heterocycles. The Bertz CT molecular complexity index is 120. The summed E-state index contributed by atoms with van der Waals surface area (Å²) in [7, 11) is 1.52. The van der Waals surface area contributed by atoms with E-state index in [0.717, 1.165) is 6.92 Å². The van der Waals surface area contributed by atoms with Gasteiger partial charge in [-0.25, -0.2) is 8.78 Å². The fraction of sp³-hybridized carbons (Fsp3) is 1.00. The van der Waals surface area contributed by atoms with E-state index in [4.69, 9.17) is 5.11 Å². The molecular formula is C7H15F2NO2. The van der Waals surface area contributed by atoms with Gasteiger partial charge in [0.05, 0.1) is 6.61 Å². The largest absolute Gasteiger partial charge is 0.383 e. The van der Waals surface area contributed by atoms with Crippen molar-refractivity contribution >= 4 is 0 Å². The quantitative estimate of drug-likeness (QED) is 0.579. The van der Waals surface area contributed by atoms with Crippen LogP contribution in [0.15, 0.2) is 0 Å². The Hall–Kier alpha value is -0.260. The maximum absolute atomic E-state index is 12.0. The Morgan fingerprint density at radius 3 is 2.58 bits per heavy atom. The van der Waals surface area contributed by atoms with Crippen molar-refractivity contribution in [3.63, 3.8) is 0 Å². The van der Waals surface area contributed by atoms with Gasteiger partial charge in [-0.15, -0.1) is 0 Å². The van der Waals surface area contributed by atoms with Gasteiger partial charge >= 0.3 is 0 Å². The third-order valence-electron chi connectivity index (χ3n) is 1.44. The first-order chi connectivity index (χ1) is 5.50. The van der Waals surface area contributed by atoms with E-state index >= 15 is 0 Å². The van der Waals surface area contributed by atoms with E-state index in [1.807, 2.05) is 0 Å². The predicted octanol–water partition coefficient (Wildman–Crippen LogP) is 0.239. The van der Waals surface area contributed by atoms with Gasteiger partial charge in [0.2, 0.25) is 0 Å². The molecule has 0 amide bonds. The maximum atomic E-state index is 12.0. The second kappa shape index (κ2) is 5.40. The molecule has 0 saturated heterocycles. The lowest BCUT2D eigenvalue weighted by Gasteiger charge is -2.22. The number of aliphatic hydroxyl groups is 1. The lowest BCUT2D eigenvalue weighted by molar-refractivity contribution is -0.0810. The number of ether oxygens (including phenoxy) is 1. The Morgan fingerprint density at radius 1 is 1.58 bits per heavy atom. The van der Waals surface area contributed by atoms with Crippen molar-refractivity contribution in [2.75, 3.05) is 26.8 Å². The Labute approximate surface area is 70.7 Å². The van der Waals surface area contributed by atoms with Crippen LogP contribution in [0.1, 0.15) is 6.92 Å². The summed E-state index contributed by atoms with van der Waals surface area (Å²) in [4.78, 5) is 0. The topological polar surface area (TPSA) is 41.5 Å². The first-order valence-corrected chi connectivity index (χ1v) is 3.71. The van der Waals surface area contributed by atoms with E-state index < -0.39 is 12.0 Å². The smallest absolute Gasteiger partial charge is 0.267 e. The summed E-state index contributed by atoms with van der Waals surface area (Å²) in [6.07, 6.45) is -2.73. The molecule has 0 aliphatic rings. The van der Waals surface area contributed by atoms with Crippen molar-refractivity contribution in [2.24, 2.45) is 0 Å². The number of nitrogens with one attached hydrogen (secondary N) is 1. The molecule has 0 aliphatic carbocycles. The number of halogens is 2. The minimum Gasteiger partial charge on any atom is -0.383 e. The molecule has 0 heterocycles. The molecule has 0 rings (SSSR count). The van der Waals surface area contributed by atoms with Crippen LogP contribution in [0.3, 0.4) is 0 Å². The Morgan fingerprint density at radius 2 is 2.17 bits per heavy atom. The van der Waals surface area contributed by atoms with Crippen LogP contribution in [-0.4, -0.2) is 43.9 Å². The third-order valence-corrected chi connectivity index (χ3v) is 1.44. The normalized spacial score (nSPS) is 16.5. The Balaban J connectivity index is 3.47. The van der Waals surface area contributed by atoms with Gasteiger partial charge in [-0.3, -0.25) is 0 Å². The SMILES string of the molecule is COCCNCC(C)(O)C(F)F. The van der Waals surface area contributed by atoms with Crippen molar-refractivity contribution in [2.45, 2.75) is 19.0 Å². The van der Waals surface area contributed by atoms with Crippen LogP contribution in [0.4, 0.5) is 8.78 Å². The highest BCUT2D eigenvalue weighted by Crippen LogP contribution is 2.12. The van der Waals surface area contributed by atoms with E-state index in [1.54, 1.807) is 0 Å². The van der Waals surface area contributed by atoms with E-state index in [0.29, 0.717) is 13.2 Å². The summed E-state index contributed by atoms with van der Waals surface area (Å²) < 4.78 is 28.7. The molecule has 0 aromatic rings. The van der Waals surface area contributed by atoms with E-state index in [9.17, 15) is 8.78 Å². The molecule has 0 fully saturated rings. The number of rotatable bonds is 6. The molecule has 0 aromatic heterocycles. The first kappa shape index (κ1) is 11.7. The van der Waals surface area contributed by atoms with Gasteiger partial charge in [0, 0.05) is 20.2 Å². The average Bonchev–Trinajstić information content (AvgIpc) is 1.98. The number of hydrogen-bond acceptors (Lipinski definition) is 3. The highest BCUT2D eigenvalue weighted by molar-refractivity contribution is 4.77. The average molecular weight is 183 g/mol. The molecule has 0 spiro atoms. The number of hydrogen-bond donors (Lipinski definition) is 2. The minimum absolute atomic E-state index is 0.131. The second-order valence-electron chi connectivity index (χ2n) is 2.83. The van der Waals surface area contributed by atoms with E-state index in [2.05, 4.69) is 10.1 Å². The molecule has 0 saturated carbocycles. The summed E-state index contributed by atoms with van der Waals surface area (Å²) in [5.74, 6) is 0. The van der Waals surface area contributed by atoms with Crippen molar-refractivity contribution in [3.05, 3.63) is 0 Å². The maximum Gasteiger partial charge on any atom is 0.267 e. The first-order valence-electron chi connectivity index (χ1n) is 3.71. The molecule has 5 heteroatoms. The minimum atomic E-state index is -2.73. The van der Waals surface area contributed by atoms with Crippen molar-refractivity contribution in [3.8, 4) is 0 Å². The zero-order valence-electron chi connectivity index (χ0n) is 7.31. The van der Waals surface area contributed by atoms with Crippen LogP contribution >= 0.6 is 0 Å². The third kappa shape index (κ3) is 4.58. The van der Waals surface area contributed by atoms with Crippen LogP contribution in [0.5, 0.6) is 0 Å². The molecule has 12 heavy (non-hydrogen) atoms. The van der Waals surface area contributed by atoms with Crippen LogP contribution in [0.25, 0.3) is 0 Å². The lowest BCUT2D eigenvalue weighted by Crippen LogP contribution is -2.44. The van der Waals surface area contributed by atoms with Crippen LogP contribution in [0.2, 0.25) is 0 Å². The van der Waals surface area contributed by atoms with E-state index in [-0.39, 0.29) is 6.54 Å². The van der Waals surface area contributed by atoms with Gasteiger partial charge in [-0.1, -0.05) is 0 Å². The van der Waals surface area contributed by atoms with Crippen molar-refractivity contribution in [1.82, 2.24) is 5.32 Å². The number of alkyl halides is 2. The summed E-state index contributed by atoms with van der Waals surface area (Å²) in [6.45, 7) is 1.87. The van der Waals surface area contributed by atoms with Gasteiger partial charge < -0.3 is 15.2 Å². The van der Waals surface area contributed by atoms with Gasteiger partial charge in [-0.05, 0) is 6.92 Å². The summed E-state index contributed by atoms with van der Waals surface area (Å²) in [6, 6.07) is 0. The molecular weight excluding hydrogens is 168 g/mol. The van der Waals surface area contributed by atoms with Crippen LogP contribution < -0.4 is 5.32 Å². The molecule has 74 valence electrons. The molecule has 1 unspecified atom stereocenters. The van der Waals surface area contributed by atoms with Crippen molar-refractivity contribution < 1.29 is 18.6 Å². The summed E-state index contributed by atoms with van der Waals surface area (Å²) >= 11 is 0. The van der Waals surface area contributed by atoms with Crippen LogP contribution in [0, 0.1) is 0 Å². The molecule has 0 aromatic carbocycles. The molecule has 0 bridgehead atoms. The molecule has 1 atom stereocenters. The number of methoxy groups -OCH3 is 1. The van der Waals surface area contributed by atoms with Gasteiger partial charge in [0.25, 0.3) is 6.43 Å². The molecule has 2 N–H and O–H groups in total. The predicted molar refractivity (Wildman–Crippen MR) is 41.4 cm³/mol. The van der Waals surface area contributed by atoms with Crippen LogP contribution in [-0.2, 0) is 4.74 Å². The lowest BCUT2D eigenvalue weighted by atomic mass is 10.1. The van der Waals surface area contributed by atoms with Crippen molar-refractivity contribution in [1.29, 1.82) is 0 Å². The zero-order chi connectivity index (χ0) is 9.61. The van der Waals surface area contributed by atoms with Gasteiger partial charge in [0.1, 0.15) is 5.60 Å². The standard InChI is InChI=1S/C7H15F2NO2/c1-7(11,6(8)9)5-10-3-4-12-2/h6,10-11H,3-5H2,1-2H3. The molecule has 3 nitrogen and oxygen atoms in total. The fourth-order valence-electron chi connectivity index (χ4n) is 0.593. The van der Waals surface area contributed by atoms with Gasteiger partial charge in [-0.2, -0.15) is 0 Å². The highest BCUT2D eigenvalue weighted by Gasteiger charge is 2.31. The highest BCUT2D eigenvalue weighted by atomic mass is 19.3. The monoisotopic (exact) mass is 183 g/mol. The zero-order valence-corrected chi connectivity index (χ0v) is 7.31. The summed E-state index contributed by atoms with van der Waals surface area (Å²) in [5, 5.41) is 11.7. The fourth-order valence-corrected chi connectivity index (χ4v) is 0.593. The molecule has 0 radical (unpaired) electrons. The summed E-state index contributed by atoms with van der Waals surface area (Å²) in [5.41, 5.74) is -1.95.